The lowest BCUT2D eigenvalue weighted by Crippen LogP contribution is -2.07. The summed E-state index contributed by atoms with van der Waals surface area (Å²) in [5, 5.41) is 34.9. The maximum Gasteiger partial charge on any atom is 0.140 e. The highest BCUT2D eigenvalue weighted by Gasteiger charge is 2.19. The molecule has 164 valence electrons. The minimum Gasteiger partial charge on any atom is -0.394 e. The van der Waals surface area contributed by atoms with Crippen LogP contribution in [-0.2, 0) is 13.1 Å². The maximum atomic E-state index is 9.86. The minimum absolute atomic E-state index is 0.107. The lowest BCUT2D eigenvalue weighted by Gasteiger charge is -2.06. The van der Waals surface area contributed by atoms with Crippen molar-refractivity contribution in [3.8, 4) is 12.1 Å². The van der Waals surface area contributed by atoms with Crippen molar-refractivity contribution >= 4 is 51.6 Å². The number of hydrogen-bond donors (Lipinski definition) is 2. The molecule has 2 aromatic heterocycles. The molecular weight excluding hydrogens is 459 g/mol. The Morgan fingerprint density at radius 3 is 2.64 bits per heavy atom. The lowest BCUT2D eigenvalue weighted by atomic mass is 10.1. The highest BCUT2D eigenvalue weighted by Crippen LogP contribution is 2.30. The monoisotopic (exact) mass is 476 g/mol. The summed E-state index contributed by atoms with van der Waals surface area (Å²) in [5.41, 5.74) is 9.23. The van der Waals surface area contributed by atoms with Gasteiger partial charge in [-0.15, -0.1) is 0 Å². The predicted octanol–water partition coefficient (Wildman–Crippen LogP) is 4.70. The van der Waals surface area contributed by atoms with Crippen LogP contribution in [0, 0.1) is 22.7 Å². The molecule has 0 saturated heterocycles. The van der Waals surface area contributed by atoms with Gasteiger partial charge in [-0.05, 0) is 29.8 Å². The van der Waals surface area contributed by atoms with Gasteiger partial charge >= 0.3 is 0 Å². The molecule has 0 spiro atoms. The number of nitrogen functional groups attached to an aromatic ring is 1. The topological polar surface area (TPSA) is 117 Å². The number of aliphatic hydroxyl groups excluding tert-OH is 1. The first-order valence-electron chi connectivity index (χ1n) is 9.98. The average Bonchev–Trinajstić information content (AvgIpc) is 3.32. The number of allylic oxidation sites excluding steroid dienone is 1. The summed E-state index contributed by atoms with van der Waals surface area (Å²) in [6.45, 7) is 0.487. The molecule has 0 saturated carbocycles. The SMILES string of the molecule is N#C/C(=C\c1cn(Cc2ccc(Cl)c(Cl)c2)c2ccccc12)c1nn(CCO)c(N)c1C#N. The van der Waals surface area contributed by atoms with Gasteiger partial charge in [-0.1, -0.05) is 47.5 Å². The van der Waals surface area contributed by atoms with Crippen molar-refractivity contribution in [2.24, 2.45) is 0 Å². The van der Waals surface area contributed by atoms with E-state index >= 15 is 0 Å². The largest absolute Gasteiger partial charge is 0.394 e. The van der Waals surface area contributed by atoms with Gasteiger partial charge in [0, 0.05) is 29.2 Å². The summed E-state index contributed by atoms with van der Waals surface area (Å²) >= 11 is 12.2. The number of halogens is 2. The van der Waals surface area contributed by atoms with E-state index in [1.54, 1.807) is 12.1 Å². The third-order valence-electron chi connectivity index (χ3n) is 5.25. The number of hydrogen-bond acceptors (Lipinski definition) is 5. The third kappa shape index (κ3) is 4.30. The molecule has 7 nitrogen and oxygen atoms in total. The molecule has 0 amide bonds. The minimum atomic E-state index is -0.190. The van der Waals surface area contributed by atoms with E-state index in [-0.39, 0.29) is 35.8 Å². The van der Waals surface area contributed by atoms with Crippen molar-refractivity contribution in [3.05, 3.63) is 81.1 Å². The first kappa shape index (κ1) is 22.4. The van der Waals surface area contributed by atoms with Gasteiger partial charge in [-0.2, -0.15) is 15.6 Å². The molecule has 2 heterocycles. The zero-order chi connectivity index (χ0) is 23.5. The van der Waals surface area contributed by atoms with Crippen LogP contribution in [0.5, 0.6) is 0 Å². The summed E-state index contributed by atoms with van der Waals surface area (Å²) in [5.74, 6) is 0.116. The molecule has 2 aromatic carbocycles. The van der Waals surface area contributed by atoms with Crippen molar-refractivity contribution in [2.45, 2.75) is 13.1 Å². The van der Waals surface area contributed by atoms with Gasteiger partial charge in [0.05, 0.1) is 28.8 Å². The summed E-state index contributed by atoms with van der Waals surface area (Å²) in [4.78, 5) is 0. The van der Waals surface area contributed by atoms with Crippen LogP contribution in [0.3, 0.4) is 0 Å². The quantitative estimate of drug-likeness (QED) is 0.391. The van der Waals surface area contributed by atoms with Crippen molar-refractivity contribution in [3.63, 3.8) is 0 Å². The summed E-state index contributed by atoms with van der Waals surface area (Å²) in [6.07, 6.45) is 3.63. The number of nitrogens with zero attached hydrogens (tertiary/aromatic N) is 5. The zero-order valence-corrected chi connectivity index (χ0v) is 18.8. The van der Waals surface area contributed by atoms with Crippen LogP contribution >= 0.6 is 23.2 Å². The lowest BCUT2D eigenvalue weighted by molar-refractivity contribution is 0.270. The van der Waals surface area contributed by atoms with Crippen LogP contribution in [0.2, 0.25) is 10.0 Å². The van der Waals surface area contributed by atoms with E-state index < -0.39 is 0 Å². The van der Waals surface area contributed by atoms with Crippen LogP contribution in [0.1, 0.15) is 22.4 Å². The first-order valence-corrected chi connectivity index (χ1v) is 10.7. The summed E-state index contributed by atoms with van der Waals surface area (Å²) < 4.78 is 3.38. The Balaban J connectivity index is 1.82. The standard InChI is InChI=1S/C24H18Cl2N6O/c25-20-6-5-15(9-21(20)26)13-31-14-17(18-3-1-2-4-22(18)31)10-16(11-27)23-19(12-28)24(29)32(30-23)7-8-33/h1-6,9-10,14,33H,7-8,13,29H2/b16-10+. The van der Waals surface area contributed by atoms with Gasteiger partial charge in [-0.3, -0.25) is 0 Å². The smallest absolute Gasteiger partial charge is 0.140 e. The Hall–Kier alpha value is -3.75. The number of nitriles is 2. The molecule has 4 aromatic rings. The molecule has 33 heavy (non-hydrogen) atoms. The predicted molar refractivity (Wildman–Crippen MR) is 129 cm³/mol. The number of aliphatic hydroxyl groups is 1. The molecule has 0 fully saturated rings. The second-order valence-corrected chi connectivity index (χ2v) is 8.13. The highest BCUT2D eigenvalue weighted by atomic mass is 35.5. The number of benzene rings is 2. The number of fused-ring (bicyclic) bond motifs is 1. The first-order chi connectivity index (χ1) is 16.0. The Morgan fingerprint density at radius 2 is 1.94 bits per heavy atom. The molecule has 0 unspecified atom stereocenters. The van der Waals surface area contributed by atoms with Crippen LogP contribution in [0.4, 0.5) is 5.82 Å². The molecular formula is C24H18Cl2N6O. The normalized spacial score (nSPS) is 11.5. The van der Waals surface area contributed by atoms with E-state index in [9.17, 15) is 15.6 Å². The van der Waals surface area contributed by atoms with Crippen molar-refractivity contribution in [1.29, 1.82) is 10.5 Å². The maximum absolute atomic E-state index is 9.86. The van der Waals surface area contributed by atoms with E-state index in [1.165, 1.54) is 4.68 Å². The fourth-order valence-electron chi connectivity index (χ4n) is 3.70. The second kappa shape index (κ2) is 9.40. The average molecular weight is 477 g/mol. The Labute approximate surface area is 200 Å². The Morgan fingerprint density at radius 1 is 1.15 bits per heavy atom. The van der Waals surface area contributed by atoms with E-state index in [4.69, 9.17) is 28.9 Å². The Bertz CT molecular complexity index is 1470. The van der Waals surface area contributed by atoms with Gasteiger partial charge < -0.3 is 15.4 Å². The molecule has 0 aliphatic carbocycles. The highest BCUT2D eigenvalue weighted by molar-refractivity contribution is 6.42. The van der Waals surface area contributed by atoms with Crippen LogP contribution in [0.15, 0.2) is 48.7 Å². The molecule has 9 heteroatoms. The van der Waals surface area contributed by atoms with Crippen LogP contribution < -0.4 is 5.73 Å². The third-order valence-corrected chi connectivity index (χ3v) is 5.99. The van der Waals surface area contributed by atoms with Gasteiger partial charge in [0.15, 0.2) is 0 Å². The van der Waals surface area contributed by atoms with Gasteiger partial charge in [0.25, 0.3) is 0 Å². The molecule has 0 bridgehead atoms. The molecule has 0 aliphatic heterocycles. The van der Waals surface area contributed by atoms with E-state index in [2.05, 4.69) is 15.7 Å². The van der Waals surface area contributed by atoms with Gasteiger partial charge in [0.2, 0.25) is 0 Å². The fraction of sp³-hybridized carbons (Fsp3) is 0.125. The van der Waals surface area contributed by atoms with E-state index in [0.717, 1.165) is 22.0 Å². The zero-order valence-electron chi connectivity index (χ0n) is 17.3. The summed E-state index contributed by atoms with van der Waals surface area (Å²) in [6, 6.07) is 17.5. The van der Waals surface area contributed by atoms with Crippen molar-refractivity contribution in [2.75, 3.05) is 12.3 Å². The molecule has 0 aliphatic rings. The molecule has 3 N–H and O–H groups in total. The number of para-hydroxylation sites is 1. The molecule has 4 rings (SSSR count). The Kier molecular flexibility index (Phi) is 6.39. The molecule has 0 radical (unpaired) electrons. The number of anilines is 1. The summed E-state index contributed by atoms with van der Waals surface area (Å²) in [7, 11) is 0. The number of aromatic nitrogens is 3. The fourth-order valence-corrected chi connectivity index (χ4v) is 4.02. The van der Waals surface area contributed by atoms with Gasteiger partial charge in [-0.25, -0.2) is 4.68 Å². The number of nitrogens with two attached hydrogens (primary N) is 1. The van der Waals surface area contributed by atoms with E-state index in [0.29, 0.717) is 16.6 Å². The number of rotatable bonds is 6. The van der Waals surface area contributed by atoms with Crippen molar-refractivity contribution in [1.82, 2.24) is 14.3 Å². The van der Waals surface area contributed by atoms with Crippen LogP contribution in [-0.4, -0.2) is 26.1 Å². The molecule has 0 atom stereocenters. The van der Waals surface area contributed by atoms with Crippen LogP contribution in [0.25, 0.3) is 22.6 Å². The van der Waals surface area contributed by atoms with Crippen molar-refractivity contribution < 1.29 is 5.11 Å². The van der Waals surface area contributed by atoms with Gasteiger partial charge in [0.1, 0.15) is 29.2 Å². The second-order valence-electron chi connectivity index (χ2n) is 7.32. The van der Waals surface area contributed by atoms with E-state index in [1.807, 2.05) is 48.7 Å².